The summed E-state index contributed by atoms with van der Waals surface area (Å²) < 4.78 is 0. The van der Waals surface area contributed by atoms with Crippen molar-refractivity contribution in [1.82, 2.24) is 19.9 Å². The zero-order valence-corrected chi connectivity index (χ0v) is 14.8. The molecule has 0 saturated carbocycles. The fourth-order valence-electron chi connectivity index (χ4n) is 1.97. The monoisotopic (exact) mass is 340 g/mol. The molecule has 0 spiro atoms. The third-order valence-electron chi connectivity index (χ3n) is 3.08. The first-order valence-corrected chi connectivity index (χ1v) is 7.66. The average Bonchev–Trinajstić information content (AvgIpc) is 2.56. The van der Waals surface area contributed by atoms with Crippen molar-refractivity contribution in [2.75, 3.05) is 48.5 Å². The molecule has 0 saturated heterocycles. The van der Waals surface area contributed by atoms with Gasteiger partial charge in [-0.3, -0.25) is 0 Å². The SMILES string of the molecule is CCCNc1nc(NC)nc2c(NCCC)nc(NC)nc12.Cl. The highest BCUT2D eigenvalue weighted by molar-refractivity contribution is 5.94. The normalized spacial score (nSPS) is 10.1. The van der Waals surface area contributed by atoms with Crippen molar-refractivity contribution in [3.8, 4) is 0 Å². The number of rotatable bonds is 8. The van der Waals surface area contributed by atoms with Gasteiger partial charge >= 0.3 is 0 Å². The zero-order chi connectivity index (χ0) is 15.9. The second kappa shape index (κ2) is 9.14. The lowest BCUT2D eigenvalue weighted by Crippen LogP contribution is -2.11. The summed E-state index contributed by atoms with van der Waals surface area (Å²) in [6.45, 7) is 5.87. The zero-order valence-electron chi connectivity index (χ0n) is 14.0. The molecule has 0 unspecified atom stereocenters. The maximum atomic E-state index is 4.51. The topological polar surface area (TPSA) is 99.7 Å². The summed E-state index contributed by atoms with van der Waals surface area (Å²) in [5.74, 6) is 2.53. The van der Waals surface area contributed by atoms with E-state index >= 15 is 0 Å². The number of anilines is 4. The van der Waals surface area contributed by atoms with E-state index in [4.69, 9.17) is 0 Å². The highest BCUT2D eigenvalue weighted by atomic mass is 35.5. The average molecular weight is 341 g/mol. The highest BCUT2D eigenvalue weighted by Crippen LogP contribution is 2.26. The van der Waals surface area contributed by atoms with Gasteiger partial charge in [0.1, 0.15) is 11.0 Å². The lowest BCUT2D eigenvalue weighted by molar-refractivity contribution is 0.960. The quantitative estimate of drug-likeness (QED) is 0.582. The molecule has 0 aliphatic rings. The Labute approximate surface area is 142 Å². The minimum Gasteiger partial charge on any atom is -0.368 e. The largest absolute Gasteiger partial charge is 0.368 e. The van der Waals surface area contributed by atoms with Gasteiger partial charge in [0, 0.05) is 27.2 Å². The summed E-state index contributed by atoms with van der Waals surface area (Å²) >= 11 is 0. The first-order valence-electron chi connectivity index (χ1n) is 7.66. The van der Waals surface area contributed by atoms with Crippen LogP contribution < -0.4 is 21.3 Å². The molecule has 2 aromatic rings. The standard InChI is InChI=1S/C14H24N8.ClH/c1-5-7-17-11-9-10(20-13(15-3)21-11)12(18-8-6-2)22-14(16-4)19-9;/h5-8H2,1-4H3,(H2,15,17,20,21)(H2,16,18,19,22);1H. The highest BCUT2D eigenvalue weighted by Gasteiger charge is 2.15. The van der Waals surface area contributed by atoms with Gasteiger partial charge in [-0.05, 0) is 12.8 Å². The Morgan fingerprint density at radius 2 is 1.09 bits per heavy atom. The van der Waals surface area contributed by atoms with Gasteiger partial charge in [-0.1, -0.05) is 13.8 Å². The predicted octanol–water partition coefficient (Wildman–Crippen LogP) is 2.57. The van der Waals surface area contributed by atoms with E-state index in [1.54, 1.807) is 14.1 Å². The summed E-state index contributed by atoms with van der Waals surface area (Å²) in [5, 5.41) is 12.6. The molecule has 128 valence electrons. The molecule has 0 aromatic carbocycles. The Morgan fingerprint density at radius 1 is 0.696 bits per heavy atom. The van der Waals surface area contributed by atoms with Gasteiger partial charge in [0.05, 0.1) is 0 Å². The summed E-state index contributed by atoms with van der Waals surface area (Å²) in [5.41, 5.74) is 1.43. The van der Waals surface area contributed by atoms with E-state index in [2.05, 4.69) is 55.1 Å². The van der Waals surface area contributed by atoms with Crippen LogP contribution in [0.2, 0.25) is 0 Å². The molecule has 2 heterocycles. The first-order chi connectivity index (χ1) is 10.7. The predicted molar refractivity (Wildman–Crippen MR) is 99.0 cm³/mol. The fraction of sp³-hybridized carbons (Fsp3) is 0.571. The van der Waals surface area contributed by atoms with E-state index in [0.717, 1.165) is 37.6 Å². The molecule has 8 nitrogen and oxygen atoms in total. The summed E-state index contributed by atoms with van der Waals surface area (Å²) in [7, 11) is 3.60. The van der Waals surface area contributed by atoms with Crippen LogP contribution in [0.25, 0.3) is 11.0 Å². The molecule has 4 N–H and O–H groups in total. The van der Waals surface area contributed by atoms with E-state index < -0.39 is 0 Å². The second-order valence-corrected chi connectivity index (χ2v) is 4.84. The molecule has 0 atom stereocenters. The number of halogens is 1. The van der Waals surface area contributed by atoms with Crippen molar-refractivity contribution in [1.29, 1.82) is 0 Å². The smallest absolute Gasteiger partial charge is 0.225 e. The molecule has 0 bridgehead atoms. The van der Waals surface area contributed by atoms with Crippen LogP contribution in [0.3, 0.4) is 0 Å². The minimum atomic E-state index is 0. The van der Waals surface area contributed by atoms with Gasteiger partial charge in [-0.25, -0.2) is 9.97 Å². The van der Waals surface area contributed by atoms with Crippen molar-refractivity contribution in [3.05, 3.63) is 0 Å². The molecule has 9 heteroatoms. The van der Waals surface area contributed by atoms with Crippen molar-refractivity contribution >= 4 is 47.0 Å². The first kappa shape index (κ1) is 19.0. The van der Waals surface area contributed by atoms with Crippen LogP contribution in [0.1, 0.15) is 26.7 Å². The van der Waals surface area contributed by atoms with Crippen molar-refractivity contribution in [3.63, 3.8) is 0 Å². The van der Waals surface area contributed by atoms with Crippen LogP contribution in [0.4, 0.5) is 23.5 Å². The maximum Gasteiger partial charge on any atom is 0.225 e. The number of fused-ring (bicyclic) bond motifs is 1. The third kappa shape index (κ3) is 4.44. The van der Waals surface area contributed by atoms with Gasteiger partial charge < -0.3 is 21.3 Å². The Morgan fingerprint density at radius 3 is 1.39 bits per heavy atom. The molecule has 0 aliphatic carbocycles. The molecule has 0 fully saturated rings. The Hall–Kier alpha value is -2.09. The van der Waals surface area contributed by atoms with E-state index in [0.29, 0.717) is 22.9 Å². The van der Waals surface area contributed by atoms with E-state index in [1.807, 2.05) is 0 Å². The van der Waals surface area contributed by atoms with E-state index in [-0.39, 0.29) is 12.4 Å². The van der Waals surface area contributed by atoms with E-state index in [1.165, 1.54) is 0 Å². The number of aromatic nitrogens is 4. The van der Waals surface area contributed by atoms with Crippen LogP contribution >= 0.6 is 12.4 Å². The number of hydrogen-bond acceptors (Lipinski definition) is 8. The second-order valence-electron chi connectivity index (χ2n) is 4.84. The Kier molecular flexibility index (Phi) is 7.53. The van der Waals surface area contributed by atoms with Gasteiger partial charge in [0.25, 0.3) is 0 Å². The summed E-state index contributed by atoms with van der Waals surface area (Å²) in [6, 6.07) is 0. The molecule has 2 aromatic heterocycles. The molecule has 23 heavy (non-hydrogen) atoms. The fourth-order valence-corrected chi connectivity index (χ4v) is 1.97. The molecular weight excluding hydrogens is 316 g/mol. The Balaban J connectivity index is 0.00000264. The van der Waals surface area contributed by atoms with Crippen LogP contribution in [0.5, 0.6) is 0 Å². The van der Waals surface area contributed by atoms with Crippen LogP contribution in [-0.2, 0) is 0 Å². The van der Waals surface area contributed by atoms with Crippen LogP contribution in [0, 0.1) is 0 Å². The van der Waals surface area contributed by atoms with Gasteiger partial charge in [0.15, 0.2) is 11.6 Å². The minimum absolute atomic E-state index is 0. The van der Waals surface area contributed by atoms with Crippen molar-refractivity contribution in [2.45, 2.75) is 26.7 Å². The van der Waals surface area contributed by atoms with Crippen molar-refractivity contribution in [2.24, 2.45) is 0 Å². The number of nitrogens with one attached hydrogen (secondary N) is 4. The molecule has 0 aliphatic heterocycles. The van der Waals surface area contributed by atoms with Gasteiger partial charge in [-0.2, -0.15) is 9.97 Å². The van der Waals surface area contributed by atoms with Crippen molar-refractivity contribution < 1.29 is 0 Å². The van der Waals surface area contributed by atoms with Gasteiger partial charge in [0.2, 0.25) is 11.9 Å². The van der Waals surface area contributed by atoms with Gasteiger partial charge in [-0.15, -0.1) is 12.4 Å². The summed E-state index contributed by atoms with van der Waals surface area (Å²) in [6.07, 6.45) is 2.01. The molecule has 0 amide bonds. The Bertz CT molecular complexity index is 578. The molecule has 2 rings (SSSR count). The molecule has 0 radical (unpaired) electrons. The molecular formula is C14H25ClN8. The lowest BCUT2D eigenvalue weighted by atomic mass is 10.3. The number of hydrogen-bond donors (Lipinski definition) is 4. The van der Waals surface area contributed by atoms with E-state index in [9.17, 15) is 0 Å². The maximum absolute atomic E-state index is 4.51. The number of nitrogens with zero attached hydrogens (tertiary/aromatic N) is 4. The third-order valence-corrected chi connectivity index (χ3v) is 3.08. The summed E-state index contributed by atoms with van der Waals surface area (Å²) in [4.78, 5) is 18.0. The lowest BCUT2D eigenvalue weighted by Gasteiger charge is -2.13. The van der Waals surface area contributed by atoms with Crippen LogP contribution in [-0.4, -0.2) is 47.1 Å². The van der Waals surface area contributed by atoms with Crippen LogP contribution in [0.15, 0.2) is 0 Å².